The molecule has 4 heteroatoms. The molecule has 3 heterocycles. The van der Waals surface area contributed by atoms with E-state index in [2.05, 4.69) is 240 Å². The molecule has 0 fully saturated rings. The lowest BCUT2D eigenvalue weighted by molar-refractivity contribution is 1.17. The minimum Gasteiger partial charge on any atom is -0.309 e. The topological polar surface area (TPSA) is 35.6 Å². The van der Waals surface area contributed by atoms with Crippen molar-refractivity contribution in [2.75, 3.05) is 0 Å². The number of aromatic nitrogens is 4. The number of benzene rings is 12. The fourth-order valence-corrected chi connectivity index (χ4v) is 11.5. The molecule has 0 N–H and O–H groups in total. The van der Waals surface area contributed by atoms with Crippen LogP contribution in [0.15, 0.2) is 231 Å². The molecule has 0 aliphatic heterocycles. The van der Waals surface area contributed by atoms with Gasteiger partial charge >= 0.3 is 0 Å². The Hall–Kier alpha value is -9.12. The Balaban J connectivity index is 1.06. The van der Waals surface area contributed by atoms with Gasteiger partial charge in [0.1, 0.15) is 0 Å². The van der Waals surface area contributed by atoms with Crippen molar-refractivity contribution < 1.29 is 0 Å². The maximum absolute atomic E-state index is 5.42. The molecular weight excluding hydrogens is 825 g/mol. The van der Waals surface area contributed by atoms with Gasteiger partial charge in [0.05, 0.1) is 33.3 Å². The normalized spacial score (nSPS) is 12.1. The molecule has 0 aliphatic rings. The van der Waals surface area contributed by atoms with Crippen molar-refractivity contribution in [3.05, 3.63) is 231 Å². The van der Waals surface area contributed by atoms with Gasteiger partial charge in [-0.05, 0) is 92.5 Å². The summed E-state index contributed by atoms with van der Waals surface area (Å²) in [5, 5.41) is 15.8. The number of rotatable bonds is 5. The third kappa shape index (κ3) is 5.25. The third-order valence-electron chi connectivity index (χ3n) is 14.4. The number of fused-ring (bicyclic) bond motifs is 11. The van der Waals surface area contributed by atoms with Crippen LogP contribution in [0.2, 0.25) is 0 Å². The highest BCUT2D eigenvalue weighted by Gasteiger charge is 2.25. The smallest absolute Gasteiger partial charge is 0.160 e. The van der Waals surface area contributed by atoms with Gasteiger partial charge in [-0.15, -0.1) is 0 Å². The number of hydrogen-bond donors (Lipinski definition) is 0. The molecule has 0 saturated carbocycles. The minimum absolute atomic E-state index is 0.694. The molecule has 0 atom stereocenters. The Bertz CT molecular complexity index is 4540. The molecule has 15 aromatic rings. The Morgan fingerprint density at radius 3 is 1.79 bits per heavy atom. The predicted octanol–water partition coefficient (Wildman–Crippen LogP) is 16.9. The van der Waals surface area contributed by atoms with E-state index in [4.69, 9.17) is 9.97 Å². The molecule has 3 aromatic heterocycles. The van der Waals surface area contributed by atoms with Gasteiger partial charge in [0.25, 0.3) is 0 Å². The fraction of sp³-hybridized carbons (Fsp3) is 0. The fourth-order valence-electron chi connectivity index (χ4n) is 11.5. The summed E-state index contributed by atoms with van der Waals surface area (Å²) in [7, 11) is 0. The van der Waals surface area contributed by atoms with Crippen molar-refractivity contribution >= 4 is 97.6 Å². The van der Waals surface area contributed by atoms with Crippen molar-refractivity contribution in [3.63, 3.8) is 0 Å². The minimum atomic E-state index is 0.694. The van der Waals surface area contributed by atoms with Crippen LogP contribution < -0.4 is 0 Å². The molecule has 0 bridgehead atoms. The van der Waals surface area contributed by atoms with Crippen LogP contribution in [-0.2, 0) is 0 Å². The summed E-state index contributed by atoms with van der Waals surface area (Å²) in [6.45, 7) is 0. The molecule has 0 unspecified atom stereocenters. The van der Waals surface area contributed by atoms with E-state index in [-0.39, 0.29) is 0 Å². The molecule has 12 aromatic carbocycles. The van der Waals surface area contributed by atoms with E-state index in [1.807, 2.05) is 0 Å². The van der Waals surface area contributed by atoms with E-state index in [0.29, 0.717) is 5.82 Å². The Labute approximate surface area is 390 Å². The molecule has 0 aliphatic carbocycles. The Morgan fingerprint density at radius 1 is 0.294 bits per heavy atom. The number of para-hydroxylation sites is 3. The van der Waals surface area contributed by atoms with Gasteiger partial charge < -0.3 is 9.13 Å². The van der Waals surface area contributed by atoms with Crippen molar-refractivity contribution in [1.29, 1.82) is 0 Å². The molecule has 0 amide bonds. The van der Waals surface area contributed by atoms with Crippen LogP contribution in [0.5, 0.6) is 0 Å². The molecule has 4 nitrogen and oxygen atoms in total. The quantitative estimate of drug-likeness (QED) is 0.162. The predicted molar refractivity (Wildman–Crippen MR) is 286 cm³/mol. The van der Waals surface area contributed by atoms with Gasteiger partial charge in [0.2, 0.25) is 0 Å². The number of hydrogen-bond acceptors (Lipinski definition) is 2. The van der Waals surface area contributed by atoms with E-state index in [0.717, 1.165) is 55.4 Å². The lowest BCUT2D eigenvalue weighted by Crippen LogP contribution is -1.98. The van der Waals surface area contributed by atoms with Gasteiger partial charge in [-0.25, -0.2) is 9.97 Å². The summed E-state index contributed by atoms with van der Waals surface area (Å²) >= 11 is 0. The van der Waals surface area contributed by atoms with Crippen molar-refractivity contribution in [2.45, 2.75) is 0 Å². The SMILES string of the molecule is c1ccc(-c2nc(-c3cccc(-n4c5cc(-c6cccc7c8ccccc8n(-c8ccccc8)c67)cc6c7ccccc7c7c8ccccc8cc4c7c65)c3)nc3c2ccc2ccccc23)cc1. The largest absolute Gasteiger partial charge is 0.309 e. The summed E-state index contributed by atoms with van der Waals surface area (Å²) < 4.78 is 4.95. The lowest BCUT2D eigenvalue weighted by Gasteiger charge is -2.15. The second-order valence-electron chi connectivity index (χ2n) is 18.1. The Morgan fingerprint density at radius 2 is 0.941 bits per heavy atom. The van der Waals surface area contributed by atoms with Crippen LogP contribution in [0.3, 0.4) is 0 Å². The van der Waals surface area contributed by atoms with Gasteiger partial charge in [-0.1, -0.05) is 176 Å². The maximum atomic E-state index is 5.42. The zero-order valence-electron chi connectivity index (χ0n) is 36.7. The molecule has 68 heavy (non-hydrogen) atoms. The molecule has 15 rings (SSSR count). The van der Waals surface area contributed by atoms with Crippen molar-refractivity contribution in [2.24, 2.45) is 0 Å². The standard InChI is InChI=1S/C64H38N4/c1-3-18-40(19-4-1)61-53-34-33-39-17-7-10-26-47(39)62(53)66-64(65-61)42-21-15-24-45(35-42)67-56-38-43(48-30-16-31-52-50-28-13-14-32-55(50)68(63(48)52)44-22-5-2-6-23-44)36-54-49-27-11-12-29-51(49)58-46-25-9-8-20-41(46)37-57(67)60(58)59(54)56/h1-38H. The van der Waals surface area contributed by atoms with Gasteiger partial charge in [-0.3, -0.25) is 0 Å². The zero-order chi connectivity index (χ0) is 44.5. The van der Waals surface area contributed by atoms with E-state index in [1.165, 1.54) is 81.5 Å². The third-order valence-corrected chi connectivity index (χ3v) is 14.4. The van der Waals surface area contributed by atoms with Crippen LogP contribution >= 0.6 is 0 Å². The summed E-state index contributed by atoms with van der Waals surface area (Å²) in [6.07, 6.45) is 0. The molecule has 0 radical (unpaired) electrons. The lowest BCUT2D eigenvalue weighted by atomic mass is 9.89. The van der Waals surface area contributed by atoms with Crippen LogP contribution in [0.4, 0.5) is 0 Å². The van der Waals surface area contributed by atoms with Gasteiger partial charge in [-0.2, -0.15) is 0 Å². The first-order valence-corrected chi connectivity index (χ1v) is 23.3. The molecule has 0 saturated heterocycles. The van der Waals surface area contributed by atoms with Crippen LogP contribution in [0.25, 0.3) is 143 Å². The summed E-state index contributed by atoms with van der Waals surface area (Å²) in [4.78, 5) is 10.8. The van der Waals surface area contributed by atoms with Crippen LogP contribution in [0, 0.1) is 0 Å². The van der Waals surface area contributed by atoms with Crippen molar-refractivity contribution in [3.8, 4) is 45.1 Å². The summed E-state index contributed by atoms with van der Waals surface area (Å²) in [6, 6.07) is 83.9. The van der Waals surface area contributed by atoms with E-state index in [1.54, 1.807) is 0 Å². The first-order chi connectivity index (χ1) is 33.7. The first-order valence-electron chi connectivity index (χ1n) is 23.3. The van der Waals surface area contributed by atoms with Crippen molar-refractivity contribution in [1.82, 2.24) is 19.1 Å². The zero-order valence-corrected chi connectivity index (χ0v) is 36.7. The summed E-state index contributed by atoms with van der Waals surface area (Å²) in [5.74, 6) is 0.694. The highest BCUT2D eigenvalue weighted by molar-refractivity contribution is 6.40. The van der Waals surface area contributed by atoms with E-state index >= 15 is 0 Å². The second-order valence-corrected chi connectivity index (χ2v) is 18.1. The van der Waals surface area contributed by atoms with Crippen LogP contribution in [-0.4, -0.2) is 19.1 Å². The molecular formula is C64H38N4. The molecule has 0 spiro atoms. The summed E-state index contributed by atoms with van der Waals surface area (Å²) in [5.41, 5.74) is 13.2. The maximum Gasteiger partial charge on any atom is 0.160 e. The van der Waals surface area contributed by atoms with Gasteiger partial charge in [0, 0.05) is 65.8 Å². The second kappa shape index (κ2) is 14.2. The average Bonchev–Trinajstić information content (AvgIpc) is 3.93. The Kier molecular flexibility index (Phi) is 7.75. The number of nitrogens with zero attached hydrogens (tertiary/aromatic N) is 4. The van der Waals surface area contributed by atoms with E-state index in [9.17, 15) is 0 Å². The average molecular weight is 863 g/mol. The monoisotopic (exact) mass is 862 g/mol. The van der Waals surface area contributed by atoms with Crippen LogP contribution in [0.1, 0.15) is 0 Å². The highest BCUT2D eigenvalue weighted by atomic mass is 15.0. The van der Waals surface area contributed by atoms with Gasteiger partial charge in [0.15, 0.2) is 5.82 Å². The van der Waals surface area contributed by atoms with E-state index < -0.39 is 0 Å². The molecule has 314 valence electrons. The first kappa shape index (κ1) is 37.1. The highest BCUT2D eigenvalue weighted by Crippen LogP contribution is 2.49.